The fraction of sp³-hybridized carbons (Fsp3) is 0.421. The molecule has 1 aliphatic rings. The van der Waals surface area contributed by atoms with Gasteiger partial charge in [-0.25, -0.2) is 0 Å². The number of nitrogens with one attached hydrogen (secondary N) is 1. The summed E-state index contributed by atoms with van der Waals surface area (Å²) in [5.74, 6) is 0.836. The number of hydrogen-bond acceptors (Lipinski definition) is 5. The SMILES string of the molecule is CN1CCOC(CNCc2cc(Cl)ccc2OCc2cccnc2)C1. The van der Waals surface area contributed by atoms with E-state index in [0.29, 0.717) is 18.2 Å². The average Bonchev–Trinajstić information content (AvgIpc) is 2.62. The van der Waals surface area contributed by atoms with Gasteiger partial charge in [0.1, 0.15) is 12.4 Å². The second-order valence-electron chi connectivity index (χ2n) is 6.29. The Morgan fingerprint density at radius 3 is 3.12 bits per heavy atom. The Morgan fingerprint density at radius 1 is 1.40 bits per heavy atom. The van der Waals surface area contributed by atoms with Gasteiger partial charge in [0.05, 0.1) is 12.7 Å². The van der Waals surface area contributed by atoms with Crippen molar-refractivity contribution in [3.8, 4) is 5.75 Å². The fourth-order valence-corrected chi connectivity index (χ4v) is 3.02. The maximum atomic E-state index is 6.16. The molecule has 0 amide bonds. The molecule has 1 aliphatic heterocycles. The number of hydrogen-bond donors (Lipinski definition) is 1. The number of morpholine rings is 1. The standard InChI is InChI=1S/C19H24ClN3O2/c1-23-7-8-24-18(13-23)12-22-11-16-9-17(20)4-5-19(16)25-14-15-3-2-6-21-10-15/h2-6,9-10,18,22H,7-8,11-14H2,1H3. The molecule has 1 N–H and O–H groups in total. The number of likely N-dealkylation sites (N-methyl/N-ethyl adjacent to an activating group) is 1. The third kappa shape index (κ3) is 5.68. The second kappa shape index (κ2) is 9.15. The van der Waals surface area contributed by atoms with Crippen LogP contribution in [0.5, 0.6) is 5.75 Å². The molecular weight excluding hydrogens is 338 g/mol. The predicted octanol–water partition coefficient (Wildman–Crippen LogP) is 2.73. The maximum absolute atomic E-state index is 6.16. The fourth-order valence-electron chi connectivity index (χ4n) is 2.83. The molecule has 1 saturated heterocycles. The Bertz CT molecular complexity index is 669. The van der Waals surface area contributed by atoms with Crippen molar-refractivity contribution in [2.24, 2.45) is 0 Å². The first-order chi connectivity index (χ1) is 12.2. The van der Waals surface area contributed by atoms with E-state index >= 15 is 0 Å². The van der Waals surface area contributed by atoms with Crippen LogP contribution < -0.4 is 10.1 Å². The van der Waals surface area contributed by atoms with Crippen LogP contribution in [0.2, 0.25) is 5.02 Å². The van der Waals surface area contributed by atoms with Gasteiger partial charge in [-0.2, -0.15) is 0 Å². The number of rotatable bonds is 7. The van der Waals surface area contributed by atoms with E-state index in [9.17, 15) is 0 Å². The molecule has 6 heteroatoms. The summed E-state index contributed by atoms with van der Waals surface area (Å²) in [6, 6.07) is 9.62. The number of ether oxygens (including phenoxy) is 2. The molecule has 1 unspecified atom stereocenters. The lowest BCUT2D eigenvalue weighted by Crippen LogP contribution is -2.44. The molecule has 1 fully saturated rings. The zero-order valence-corrected chi connectivity index (χ0v) is 15.2. The quantitative estimate of drug-likeness (QED) is 0.821. The van der Waals surface area contributed by atoms with Gasteiger partial charge in [0, 0.05) is 54.7 Å². The summed E-state index contributed by atoms with van der Waals surface area (Å²) in [7, 11) is 2.12. The molecular formula is C19H24ClN3O2. The van der Waals surface area contributed by atoms with Gasteiger partial charge in [-0.1, -0.05) is 17.7 Å². The maximum Gasteiger partial charge on any atom is 0.124 e. The van der Waals surface area contributed by atoms with Gasteiger partial charge >= 0.3 is 0 Å². The Balaban J connectivity index is 1.55. The highest BCUT2D eigenvalue weighted by Gasteiger charge is 2.17. The van der Waals surface area contributed by atoms with Crippen LogP contribution >= 0.6 is 11.6 Å². The summed E-state index contributed by atoms with van der Waals surface area (Å²) in [4.78, 5) is 6.40. The topological polar surface area (TPSA) is 46.6 Å². The third-order valence-corrected chi connectivity index (χ3v) is 4.40. The highest BCUT2D eigenvalue weighted by Crippen LogP contribution is 2.24. The zero-order valence-electron chi connectivity index (χ0n) is 14.5. The van der Waals surface area contributed by atoms with Gasteiger partial charge in [-0.05, 0) is 31.3 Å². The van der Waals surface area contributed by atoms with Crippen molar-refractivity contribution in [1.29, 1.82) is 0 Å². The monoisotopic (exact) mass is 361 g/mol. The van der Waals surface area contributed by atoms with Gasteiger partial charge in [-0.3, -0.25) is 4.98 Å². The molecule has 1 atom stereocenters. The summed E-state index contributed by atoms with van der Waals surface area (Å²) < 4.78 is 11.7. The van der Waals surface area contributed by atoms with Crippen LogP contribution in [-0.4, -0.2) is 49.3 Å². The van der Waals surface area contributed by atoms with E-state index in [1.165, 1.54) is 0 Å². The minimum atomic E-state index is 0.220. The summed E-state index contributed by atoms with van der Waals surface area (Å²) in [6.45, 7) is 4.72. The highest BCUT2D eigenvalue weighted by atomic mass is 35.5. The molecule has 5 nitrogen and oxygen atoms in total. The Morgan fingerprint density at radius 2 is 2.32 bits per heavy atom. The first kappa shape index (κ1) is 18.1. The summed E-state index contributed by atoms with van der Waals surface area (Å²) in [5.41, 5.74) is 2.08. The van der Waals surface area contributed by atoms with Crippen molar-refractivity contribution in [2.75, 3.05) is 33.3 Å². The van der Waals surface area contributed by atoms with E-state index in [1.807, 2.05) is 36.5 Å². The molecule has 0 saturated carbocycles. The van der Waals surface area contributed by atoms with E-state index in [4.69, 9.17) is 21.1 Å². The second-order valence-corrected chi connectivity index (χ2v) is 6.72. The predicted molar refractivity (Wildman–Crippen MR) is 99.0 cm³/mol. The minimum Gasteiger partial charge on any atom is -0.489 e. The van der Waals surface area contributed by atoms with Gasteiger partial charge in [0.15, 0.2) is 0 Å². The molecule has 1 aromatic carbocycles. The van der Waals surface area contributed by atoms with Gasteiger partial charge in [-0.15, -0.1) is 0 Å². The van der Waals surface area contributed by atoms with Crippen LogP contribution in [0, 0.1) is 0 Å². The number of pyridine rings is 1. The Kier molecular flexibility index (Phi) is 6.64. The number of benzene rings is 1. The normalized spacial score (nSPS) is 18.2. The highest BCUT2D eigenvalue weighted by molar-refractivity contribution is 6.30. The minimum absolute atomic E-state index is 0.220. The molecule has 0 aliphatic carbocycles. The molecule has 0 spiro atoms. The molecule has 0 bridgehead atoms. The van der Waals surface area contributed by atoms with Crippen LogP contribution in [0.3, 0.4) is 0 Å². The molecule has 25 heavy (non-hydrogen) atoms. The van der Waals surface area contributed by atoms with Crippen LogP contribution in [0.1, 0.15) is 11.1 Å². The van der Waals surface area contributed by atoms with Crippen molar-refractivity contribution in [2.45, 2.75) is 19.3 Å². The summed E-state index contributed by atoms with van der Waals surface area (Å²) in [6.07, 6.45) is 3.79. The largest absolute Gasteiger partial charge is 0.489 e. The van der Waals surface area contributed by atoms with Gasteiger partial charge in [0.2, 0.25) is 0 Å². The van der Waals surface area contributed by atoms with Crippen molar-refractivity contribution >= 4 is 11.6 Å². The van der Waals surface area contributed by atoms with Crippen molar-refractivity contribution < 1.29 is 9.47 Å². The van der Waals surface area contributed by atoms with Gasteiger partial charge in [0.25, 0.3) is 0 Å². The molecule has 2 heterocycles. The first-order valence-corrected chi connectivity index (χ1v) is 8.89. The van der Waals surface area contributed by atoms with Crippen molar-refractivity contribution in [3.63, 3.8) is 0 Å². The van der Waals surface area contributed by atoms with Crippen molar-refractivity contribution in [3.05, 3.63) is 58.9 Å². The smallest absolute Gasteiger partial charge is 0.124 e. The van der Waals surface area contributed by atoms with E-state index in [1.54, 1.807) is 6.20 Å². The van der Waals surface area contributed by atoms with Crippen LogP contribution in [0.4, 0.5) is 0 Å². The van der Waals surface area contributed by atoms with E-state index in [2.05, 4.69) is 22.2 Å². The van der Waals surface area contributed by atoms with E-state index in [-0.39, 0.29) is 6.10 Å². The van der Waals surface area contributed by atoms with Gasteiger partial charge < -0.3 is 19.7 Å². The summed E-state index contributed by atoms with van der Waals surface area (Å²) >= 11 is 6.16. The van der Waals surface area contributed by atoms with Crippen LogP contribution in [-0.2, 0) is 17.9 Å². The molecule has 3 rings (SSSR count). The molecule has 2 aromatic rings. The number of halogens is 1. The lowest BCUT2D eigenvalue weighted by Gasteiger charge is -2.30. The van der Waals surface area contributed by atoms with Crippen LogP contribution in [0.25, 0.3) is 0 Å². The lowest BCUT2D eigenvalue weighted by molar-refractivity contribution is -0.0182. The van der Waals surface area contributed by atoms with E-state index < -0.39 is 0 Å². The van der Waals surface area contributed by atoms with Crippen LogP contribution in [0.15, 0.2) is 42.7 Å². The number of aromatic nitrogens is 1. The summed E-state index contributed by atoms with van der Waals surface area (Å²) in [5, 5.41) is 4.16. The Labute approximate surface area is 153 Å². The lowest BCUT2D eigenvalue weighted by atomic mass is 10.2. The number of nitrogens with zero attached hydrogens (tertiary/aromatic N) is 2. The molecule has 0 radical (unpaired) electrons. The average molecular weight is 362 g/mol. The Hall–Kier alpha value is -1.66. The zero-order chi connectivity index (χ0) is 17.5. The van der Waals surface area contributed by atoms with E-state index in [0.717, 1.165) is 43.1 Å². The molecule has 1 aromatic heterocycles. The van der Waals surface area contributed by atoms with Crippen molar-refractivity contribution in [1.82, 2.24) is 15.2 Å². The first-order valence-electron chi connectivity index (χ1n) is 8.51. The third-order valence-electron chi connectivity index (χ3n) is 4.17. The molecule has 134 valence electrons.